The summed E-state index contributed by atoms with van der Waals surface area (Å²) in [5, 5.41) is 3.25. The predicted molar refractivity (Wildman–Crippen MR) is 138 cm³/mol. The van der Waals surface area contributed by atoms with E-state index < -0.39 is 34.3 Å². The molecule has 11 heteroatoms. The van der Waals surface area contributed by atoms with Crippen molar-refractivity contribution in [1.29, 1.82) is 0 Å². The minimum atomic E-state index is -3.90. The Morgan fingerprint density at radius 2 is 1.66 bits per heavy atom. The number of sulfonamides is 1. The number of rotatable bonds is 11. The van der Waals surface area contributed by atoms with Gasteiger partial charge in [-0.1, -0.05) is 49.2 Å². The Balaban J connectivity index is 2.45. The van der Waals surface area contributed by atoms with E-state index in [1.165, 1.54) is 47.4 Å². The van der Waals surface area contributed by atoms with Crippen LogP contribution in [0, 0.1) is 5.82 Å². The highest BCUT2D eigenvalue weighted by molar-refractivity contribution is 7.92. The lowest BCUT2D eigenvalue weighted by atomic mass is 10.1. The molecule has 192 valence electrons. The molecule has 35 heavy (non-hydrogen) atoms. The molecule has 7 nitrogen and oxygen atoms in total. The summed E-state index contributed by atoms with van der Waals surface area (Å²) in [5.41, 5.74) is 0.754. The molecule has 0 aliphatic carbocycles. The average molecular weight is 546 g/mol. The molecule has 2 amide bonds. The van der Waals surface area contributed by atoms with Gasteiger partial charge < -0.3 is 10.2 Å². The van der Waals surface area contributed by atoms with E-state index in [1.807, 2.05) is 13.8 Å². The van der Waals surface area contributed by atoms with Gasteiger partial charge >= 0.3 is 0 Å². The van der Waals surface area contributed by atoms with Gasteiger partial charge in [-0.05, 0) is 55.7 Å². The molecule has 0 fully saturated rings. The fourth-order valence-electron chi connectivity index (χ4n) is 3.40. The molecule has 2 rings (SSSR count). The van der Waals surface area contributed by atoms with Crippen molar-refractivity contribution in [2.75, 3.05) is 17.1 Å². The van der Waals surface area contributed by atoms with Crippen LogP contribution in [-0.2, 0) is 26.2 Å². The number of carbonyl (C=O) groups excluding carboxylic acids is 2. The summed E-state index contributed by atoms with van der Waals surface area (Å²) < 4.78 is 39.5. The molecule has 0 aliphatic rings. The molecular weight excluding hydrogens is 516 g/mol. The van der Waals surface area contributed by atoms with Gasteiger partial charge in [0.15, 0.2) is 0 Å². The first-order valence-corrected chi connectivity index (χ1v) is 13.7. The topological polar surface area (TPSA) is 86.8 Å². The van der Waals surface area contributed by atoms with E-state index in [2.05, 4.69) is 5.32 Å². The zero-order chi connectivity index (χ0) is 26.3. The number of carbonyl (C=O) groups is 2. The van der Waals surface area contributed by atoms with Crippen molar-refractivity contribution in [3.05, 3.63) is 63.9 Å². The first kappa shape index (κ1) is 28.9. The molecule has 0 unspecified atom stereocenters. The van der Waals surface area contributed by atoms with Gasteiger partial charge in [0.1, 0.15) is 18.4 Å². The quantitative estimate of drug-likeness (QED) is 0.446. The number of amides is 2. The van der Waals surface area contributed by atoms with E-state index in [-0.39, 0.29) is 34.2 Å². The van der Waals surface area contributed by atoms with Crippen LogP contribution in [0.4, 0.5) is 10.1 Å². The second kappa shape index (κ2) is 12.6. The minimum Gasteiger partial charge on any atom is -0.352 e. The van der Waals surface area contributed by atoms with Crippen molar-refractivity contribution in [2.45, 2.75) is 52.2 Å². The fourth-order valence-corrected chi connectivity index (χ4v) is 4.53. The maximum atomic E-state index is 13.6. The minimum absolute atomic E-state index is 0.00940. The van der Waals surface area contributed by atoms with Crippen LogP contribution in [0.2, 0.25) is 10.0 Å². The van der Waals surface area contributed by atoms with Crippen LogP contribution in [0.1, 0.15) is 39.2 Å². The summed E-state index contributed by atoms with van der Waals surface area (Å²) in [6, 6.07) is 8.82. The third-order valence-corrected chi connectivity index (χ3v) is 7.40. The molecule has 0 saturated heterocycles. The van der Waals surface area contributed by atoms with Crippen molar-refractivity contribution < 1.29 is 22.4 Å². The number of hydrogen-bond donors (Lipinski definition) is 1. The predicted octanol–water partition coefficient (Wildman–Crippen LogP) is 4.62. The molecule has 0 saturated carbocycles. The SMILES string of the molecule is CC[C@@H](C)NC(=O)[C@@H](CC)N(Cc1ccc(F)cc1)C(=O)CN(c1ccc(Cl)c(Cl)c1)S(C)(=O)=O. The van der Waals surface area contributed by atoms with Gasteiger partial charge in [0.25, 0.3) is 0 Å². The molecule has 2 aromatic carbocycles. The summed E-state index contributed by atoms with van der Waals surface area (Å²) in [6.07, 6.45) is 1.97. The lowest BCUT2D eigenvalue weighted by Gasteiger charge is -2.33. The van der Waals surface area contributed by atoms with E-state index in [4.69, 9.17) is 23.2 Å². The van der Waals surface area contributed by atoms with Gasteiger partial charge in [-0.2, -0.15) is 0 Å². The Bertz CT molecular complexity index is 1150. The Morgan fingerprint density at radius 3 is 2.17 bits per heavy atom. The highest BCUT2D eigenvalue weighted by Gasteiger charge is 2.32. The summed E-state index contributed by atoms with van der Waals surface area (Å²) >= 11 is 12.0. The second-order valence-electron chi connectivity index (χ2n) is 8.26. The molecule has 2 atom stereocenters. The average Bonchev–Trinajstić information content (AvgIpc) is 2.79. The van der Waals surface area contributed by atoms with E-state index in [0.29, 0.717) is 18.4 Å². The largest absolute Gasteiger partial charge is 0.352 e. The number of anilines is 1. The summed E-state index contributed by atoms with van der Waals surface area (Å²) in [7, 11) is -3.90. The van der Waals surface area contributed by atoms with Crippen LogP contribution >= 0.6 is 23.2 Å². The Morgan fingerprint density at radius 1 is 1.03 bits per heavy atom. The van der Waals surface area contributed by atoms with Crippen molar-refractivity contribution in [1.82, 2.24) is 10.2 Å². The Hall–Kier alpha value is -2.36. The summed E-state index contributed by atoms with van der Waals surface area (Å²) in [4.78, 5) is 27.9. The fraction of sp³-hybridized carbons (Fsp3) is 0.417. The molecule has 0 spiro atoms. The van der Waals surface area contributed by atoms with Gasteiger partial charge in [-0.3, -0.25) is 13.9 Å². The van der Waals surface area contributed by atoms with Crippen LogP contribution in [-0.4, -0.2) is 50.0 Å². The van der Waals surface area contributed by atoms with Crippen LogP contribution in [0.5, 0.6) is 0 Å². The normalized spacial score (nSPS) is 13.1. The van der Waals surface area contributed by atoms with Crippen molar-refractivity contribution >= 4 is 50.7 Å². The van der Waals surface area contributed by atoms with Gasteiger partial charge in [0.2, 0.25) is 21.8 Å². The van der Waals surface area contributed by atoms with Gasteiger partial charge in [-0.15, -0.1) is 0 Å². The molecule has 1 N–H and O–H groups in total. The molecular formula is C24H30Cl2FN3O4S. The van der Waals surface area contributed by atoms with Crippen LogP contribution in [0.25, 0.3) is 0 Å². The number of nitrogens with one attached hydrogen (secondary N) is 1. The molecule has 0 bridgehead atoms. The third kappa shape index (κ3) is 8.08. The first-order valence-electron chi connectivity index (χ1n) is 11.1. The monoisotopic (exact) mass is 545 g/mol. The van der Waals surface area contributed by atoms with Gasteiger partial charge in [0, 0.05) is 12.6 Å². The molecule has 0 aromatic heterocycles. The van der Waals surface area contributed by atoms with Gasteiger partial charge in [-0.25, -0.2) is 12.8 Å². The number of halogens is 3. The van der Waals surface area contributed by atoms with Gasteiger partial charge in [0.05, 0.1) is 22.0 Å². The Kier molecular flexibility index (Phi) is 10.4. The van der Waals surface area contributed by atoms with Crippen molar-refractivity contribution in [2.24, 2.45) is 0 Å². The molecule has 0 aliphatic heterocycles. The van der Waals surface area contributed by atoms with E-state index in [0.717, 1.165) is 10.6 Å². The zero-order valence-corrected chi connectivity index (χ0v) is 22.4. The maximum absolute atomic E-state index is 13.6. The summed E-state index contributed by atoms with van der Waals surface area (Å²) in [5.74, 6) is -1.38. The van der Waals surface area contributed by atoms with E-state index in [9.17, 15) is 22.4 Å². The van der Waals surface area contributed by atoms with Crippen LogP contribution in [0.3, 0.4) is 0 Å². The lowest BCUT2D eigenvalue weighted by molar-refractivity contribution is -0.140. The zero-order valence-electron chi connectivity index (χ0n) is 20.1. The highest BCUT2D eigenvalue weighted by atomic mass is 35.5. The molecule has 0 radical (unpaired) electrons. The number of benzene rings is 2. The first-order chi connectivity index (χ1) is 16.4. The number of hydrogen-bond acceptors (Lipinski definition) is 4. The second-order valence-corrected chi connectivity index (χ2v) is 11.0. The number of nitrogens with zero attached hydrogens (tertiary/aromatic N) is 2. The lowest BCUT2D eigenvalue weighted by Crippen LogP contribution is -2.53. The van der Waals surface area contributed by atoms with Crippen molar-refractivity contribution in [3.63, 3.8) is 0 Å². The third-order valence-electron chi connectivity index (χ3n) is 5.52. The van der Waals surface area contributed by atoms with Crippen molar-refractivity contribution in [3.8, 4) is 0 Å². The molecule has 0 heterocycles. The standard InChI is InChI=1S/C24H30Cl2FN3O4S/c1-5-16(3)28-24(32)22(6-2)29(14-17-7-9-18(27)10-8-17)23(31)15-30(35(4,33)34)19-11-12-20(25)21(26)13-19/h7-13,16,22H,5-6,14-15H2,1-4H3,(H,28,32)/t16-,22-/m1/s1. The van der Waals surface area contributed by atoms with E-state index >= 15 is 0 Å². The smallest absolute Gasteiger partial charge is 0.244 e. The van der Waals surface area contributed by atoms with E-state index in [1.54, 1.807) is 6.92 Å². The summed E-state index contributed by atoms with van der Waals surface area (Å²) in [6.45, 7) is 4.97. The highest BCUT2D eigenvalue weighted by Crippen LogP contribution is 2.28. The van der Waals surface area contributed by atoms with Crippen LogP contribution in [0.15, 0.2) is 42.5 Å². The molecule has 2 aromatic rings. The van der Waals surface area contributed by atoms with Crippen LogP contribution < -0.4 is 9.62 Å². The maximum Gasteiger partial charge on any atom is 0.244 e. The Labute approximate surface area is 216 Å².